The van der Waals surface area contributed by atoms with Crippen molar-refractivity contribution in [2.75, 3.05) is 0 Å². The topological polar surface area (TPSA) is 0 Å². The zero-order valence-corrected chi connectivity index (χ0v) is 13.8. The minimum atomic E-state index is -0.831. The lowest BCUT2D eigenvalue weighted by molar-refractivity contribution is 0.511. The summed E-state index contributed by atoms with van der Waals surface area (Å²) < 4.78 is 28.2. The van der Waals surface area contributed by atoms with Gasteiger partial charge in [0.1, 0.15) is 0 Å². The van der Waals surface area contributed by atoms with Crippen molar-refractivity contribution < 1.29 is 8.78 Å². The molecule has 0 fully saturated rings. The van der Waals surface area contributed by atoms with E-state index in [1.54, 1.807) is 12.1 Å². The van der Waals surface area contributed by atoms with Gasteiger partial charge in [-0.25, -0.2) is 8.78 Å². The molecule has 4 rings (SSSR count). The largest absolute Gasteiger partial charge is 0.204 e. The van der Waals surface area contributed by atoms with Crippen molar-refractivity contribution >= 4 is 10.8 Å². The zero-order chi connectivity index (χ0) is 17.4. The summed E-state index contributed by atoms with van der Waals surface area (Å²) in [4.78, 5) is 0. The van der Waals surface area contributed by atoms with Gasteiger partial charge in [-0.1, -0.05) is 72.8 Å². The van der Waals surface area contributed by atoms with Crippen LogP contribution in [0.25, 0.3) is 33.0 Å². The quantitative estimate of drug-likeness (QED) is 0.381. The van der Waals surface area contributed by atoms with Gasteiger partial charge in [0.25, 0.3) is 0 Å². The summed E-state index contributed by atoms with van der Waals surface area (Å²) in [5.41, 5.74) is 4.25. The SMILES string of the molecule is Cc1ccccc1-c1cccc2cccc(-c3cccc(F)c3F)c12. The summed E-state index contributed by atoms with van der Waals surface area (Å²) in [6.07, 6.45) is 0. The average Bonchev–Trinajstić information content (AvgIpc) is 2.64. The van der Waals surface area contributed by atoms with Crippen LogP contribution in [-0.2, 0) is 0 Å². The Labute approximate surface area is 145 Å². The molecule has 4 aromatic rings. The van der Waals surface area contributed by atoms with Crippen LogP contribution in [0.2, 0.25) is 0 Å². The molecule has 4 aromatic carbocycles. The van der Waals surface area contributed by atoms with E-state index in [1.165, 1.54) is 0 Å². The van der Waals surface area contributed by atoms with E-state index >= 15 is 0 Å². The van der Waals surface area contributed by atoms with E-state index in [0.717, 1.165) is 33.5 Å². The monoisotopic (exact) mass is 330 g/mol. The Morgan fingerprint density at radius 2 is 1.12 bits per heavy atom. The molecule has 0 aliphatic rings. The lowest BCUT2D eigenvalue weighted by Gasteiger charge is -2.14. The molecule has 0 spiro atoms. The third kappa shape index (κ3) is 2.60. The predicted octanol–water partition coefficient (Wildman–Crippen LogP) is 6.76. The van der Waals surface area contributed by atoms with Crippen LogP contribution in [0.1, 0.15) is 5.56 Å². The van der Waals surface area contributed by atoms with E-state index in [2.05, 4.69) is 19.1 Å². The molecule has 0 saturated carbocycles. The first-order valence-electron chi connectivity index (χ1n) is 8.19. The fourth-order valence-corrected chi connectivity index (χ4v) is 3.38. The normalized spacial score (nSPS) is 11.0. The van der Waals surface area contributed by atoms with Crippen LogP contribution in [-0.4, -0.2) is 0 Å². The molecule has 0 bridgehead atoms. The smallest absolute Gasteiger partial charge is 0.166 e. The minimum absolute atomic E-state index is 0.284. The van der Waals surface area contributed by atoms with Crippen LogP contribution in [0, 0.1) is 18.6 Å². The number of benzene rings is 4. The molecule has 0 radical (unpaired) electrons. The predicted molar refractivity (Wildman–Crippen MR) is 99.5 cm³/mol. The van der Waals surface area contributed by atoms with E-state index in [9.17, 15) is 8.78 Å². The standard InChI is InChI=1S/C23H16F2/c1-15-7-2-3-10-17(15)18-11-4-8-16-9-5-12-19(22(16)18)20-13-6-14-21(24)23(20)25/h2-14H,1H3. The molecule has 0 aliphatic heterocycles. The van der Waals surface area contributed by atoms with Gasteiger partial charge in [0.15, 0.2) is 11.6 Å². The highest BCUT2D eigenvalue weighted by atomic mass is 19.2. The molecule has 0 aromatic heterocycles. The molecule has 25 heavy (non-hydrogen) atoms. The molecule has 0 nitrogen and oxygen atoms in total. The maximum atomic E-state index is 14.5. The van der Waals surface area contributed by atoms with Crippen LogP contribution >= 0.6 is 0 Å². The molecule has 122 valence electrons. The first kappa shape index (κ1) is 15.5. The Balaban J connectivity index is 2.11. The van der Waals surface area contributed by atoms with Crippen molar-refractivity contribution in [3.05, 3.63) is 96.1 Å². The third-order valence-electron chi connectivity index (χ3n) is 4.58. The maximum absolute atomic E-state index is 14.5. The van der Waals surface area contributed by atoms with Gasteiger partial charge in [-0.15, -0.1) is 0 Å². The van der Waals surface area contributed by atoms with E-state index in [0.29, 0.717) is 5.56 Å². The highest BCUT2D eigenvalue weighted by Crippen LogP contribution is 2.38. The summed E-state index contributed by atoms with van der Waals surface area (Å²) in [6, 6.07) is 24.2. The van der Waals surface area contributed by atoms with Gasteiger partial charge in [0, 0.05) is 5.56 Å². The van der Waals surface area contributed by atoms with Gasteiger partial charge in [-0.05, 0) is 46.0 Å². The van der Waals surface area contributed by atoms with E-state index in [1.807, 2.05) is 48.5 Å². The van der Waals surface area contributed by atoms with Gasteiger partial charge in [-0.3, -0.25) is 0 Å². The van der Waals surface area contributed by atoms with Crippen LogP contribution in [0.5, 0.6) is 0 Å². The molecule has 0 atom stereocenters. The Morgan fingerprint density at radius 1 is 0.560 bits per heavy atom. The Kier molecular flexibility index (Phi) is 3.81. The summed E-state index contributed by atoms with van der Waals surface area (Å²) in [5.74, 6) is -1.64. The third-order valence-corrected chi connectivity index (χ3v) is 4.58. The molecule has 0 amide bonds. The van der Waals surface area contributed by atoms with Crippen LogP contribution < -0.4 is 0 Å². The first-order valence-corrected chi connectivity index (χ1v) is 8.19. The number of hydrogen-bond acceptors (Lipinski definition) is 0. The molecular weight excluding hydrogens is 314 g/mol. The maximum Gasteiger partial charge on any atom is 0.166 e. The number of hydrogen-bond donors (Lipinski definition) is 0. The zero-order valence-electron chi connectivity index (χ0n) is 13.8. The van der Waals surface area contributed by atoms with Gasteiger partial charge < -0.3 is 0 Å². The molecule has 2 heteroatoms. The van der Waals surface area contributed by atoms with E-state index in [4.69, 9.17) is 0 Å². The molecule has 0 aliphatic carbocycles. The van der Waals surface area contributed by atoms with Gasteiger partial charge >= 0.3 is 0 Å². The van der Waals surface area contributed by atoms with Crippen LogP contribution in [0.4, 0.5) is 8.78 Å². The second kappa shape index (κ2) is 6.14. The molecule has 0 saturated heterocycles. The first-order chi connectivity index (χ1) is 12.2. The highest BCUT2D eigenvalue weighted by molar-refractivity contribution is 6.06. The lowest BCUT2D eigenvalue weighted by Crippen LogP contribution is -1.92. The Bertz CT molecular complexity index is 1080. The Hall–Kier alpha value is -3.00. The lowest BCUT2D eigenvalue weighted by atomic mass is 9.90. The van der Waals surface area contributed by atoms with Gasteiger partial charge in [0.2, 0.25) is 0 Å². The summed E-state index contributed by atoms with van der Waals surface area (Å²) in [5, 5.41) is 1.94. The highest BCUT2D eigenvalue weighted by Gasteiger charge is 2.15. The minimum Gasteiger partial charge on any atom is -0.204 e. The van der Waals surface area contributed by atoms with Crippen LogP contribution in [0.15, 0.2) is 78.9 Å². The summed E-state index contributed by atoms with van der Waals surface area (Å²) in [7, 11) is 0. The van der Waals surface area contributed by atoms with Crippen molar-refractivity contribution in [3.63, 3.8) is 0 Å². The van der Waals surface area contributed by atoms with E-state index in [-0.39, 0.29) is 5.56 Å². The molecular formula is C23H16F2. The van der Waals surface area contributed by atoms with Crippen LogP contribution in [0.3, 0.4) is 0 Å². The molecule has 0 N–H and O–H groups in total. The number of aryl methyl sites for hydroxylation is 1. The van der Waals surface area contributed by atoms with Crippen molar-refractivity contribution in [1.29, 1.82) is 0 Å². The number of fused-ring (bicyclic) bond motifs is 1. The molecule has 0 heterocycles. The number of rotatable bonds is 2. The fourth-order valence-electron chi connectivity index (χ4n) is 3.38. The molecule has 0 unspecified atom stereocenters. The Morgan fingerprint density at radius 3 is 1.84 bits per heavy atom. The van der Waals surface area contributed by atoms with Gasteiger partial charge in [0.05, 0.1) is 0 Å². The fraction of sp³-hybridized carbons (Fsp3) is 0.0435. The van der Waals surface area contributed by atoms with Crippen molar-refractivity contribution in [2.24, 2.45) is 0 Å². The number of halogens is 2. The second-order valence-corrected chi connectivity index (χ2v) is 6.13. The van der Waals surface area contributed by atoms with Gasteiger partial charge in [-0.2, -0.15) is 0 Å². The van der Waals surface area contributed by atoms with Crippen molar-refractivity contribution in [1.82, 2.24) is 0 Å². The summed E-state index contributed by atoms with van der Waals surface area (Å²) in [6.45, 7) is 2.06. The summed E-state index contributed by atoms with van der Waals surface area (Å²) >= 11 is 0. The second-order valence-electron chi connectivity index (χ2n) is 6.13. The average molecular weight is 330 g/mol. The van der Waals surface area contributed by atoms with Crippen molar-refractivity contribution in [3.8, 4) is 22.3 Å². The van der Waals surface area contributed by atoms with E-state index < -0.39 is 11.6 Å². The van der Waals surface area contributed by atoms with Crippen molar-refractivity contribution in [2.45, 2.75) is 6.92 Å².